The number of halogens is 1. The molecule has 0 saturated carbocycles. The van der Waals surface area contributed by atoms with Gasteiger partial charge in [-0.15, -0.1) is 0 Å². The van der Waals surface area contributed by atoms with Crippen LogP contribution in [0.4, 0.5) is 5.95 Å². The third-order valence-corrected chi connectivity index (χ3v) is 2.79. The Hall–Kier alpha value is -1.36. The predicted octanol–water partition coefficient (Wildman–Crippen LogP) is 2.29. The zero-order chi connectivity index (χ0) is 11.0. The average molecular weight is 268 g/mol. The van der Waals surface area contributed by atoms with E-state index >= 15 is 0 Å². The van der Waals surface area contributed by atoms with E-state index in [1.165, 1.54) is 6.92 Å². The highest BCUT2D eigenvalue weighted by atomic mass is 79.9. The van der Waals surface area contributed by atoms with Crippen LogP contribution in [0.1, 0.15) is 6.92 Å². The zero-order valence-corrected chi connectivity index (χ0v) is 10.00. The summed E-state index contributed by atoms with van der Waals surface area (Å²) in [5.41, 5.74) is 1.83. The maximum Gasteiger partial charge on any atom is 0.223 e. The maximum absolute atomic E-state index is 11.0. The number of carbonyl (C=O) groups is 1. The second-order valence-corrected chi connectivity index (χ2v) is 4.14. The molecule has 0 unspecified atom stereocenters. The number of amides is 1. The molecule has 0 fully saturated rings. The lowest BCUT2D eigenvalue weighted by molar-refractivity contribution is -0.114. The summed E-state index contributed by atoms with van der Waals surface area (Å²) in [4.78, 5) is 15.3. The minimum Gasteiger partial charge on any atom is -0.313 e. The van der Waals surface area contributed by atoms with Crippen molar-refractivity contribution in [3.63, 3.8) is 0 Å². The van der Waals surface area contributed by atoms with Gasteiger partial charge in [0.2, 0.25) is 11.9 Å². The molecule has 1 aromatic carbocycles. The SMILES string of the molecule is CC(=O)Nc1nc2c(Br)cccc2n1C. The van der Waals surface area contributed by atoms with Gasteiger partial charge in [0, 0.05) is 18.4 Å². The van der Waals surface area contributed by atoms with Crippen LogP contribution in [-0.4, -0.2) is 15.5 Å². The van der Waals surface area contributed by atoms with Gasteiger partial charge in [-0.2, -0.15) is 0 Å². The number of hydrogen-bond donors (Lipinski definition) is 1. The van der Waals surface area contributed by atoms with E-state index in [1.54, 1.807) is 0 Å². The van der Waals surface area contributed by atoms with Crippen molar-refractivity contribution in [3.05, 3.63) is 22.7 Å². The van der Waals surface area contributed by atoms with Crippen LogP contribution in [0.25, 0.3) is 11.0 Å². The smallest absolute Gasteiger partial charge is 0.223 e. The van der Waals surface area contributed by atoms with Gasteiger partial charge in [0.1, 0.15) is 5.52 Å². The molecule has 0 aliphatic heterocycles. The second-order valence-electron chi connectivity index (χ2n) is 3.28. The number of nitrogens with zero attached hydrogens (tertiary/aromatic N) is 2. The molecule has 15 heavy (non-hydrogen) atoms. The molecular formula is C10H10BrN3O. The van der Waals surface area contributed by atoms with Gasteiger partial charge in [0.05, 0.1) is 5.52 Å². The Bertz CT molecular complexity index is 533. The normalized spacial score (nSPS) is 10.6. The fourth-order valence-corrected chi connectivity index (χ4v) is 1.89. The quantitative estimate of drug-likeness (QED) is 0.862. The fourth-order valence-electron chi connectivity index (χ4n) is 1.45. The Balaban J connectivity index is 2.64. The number of anilines is 1. The van der Waals surface area contributed by atoms with E-state index in [-0.39, 0.29) is 5.91 Å². The van der Waals surface area contributed by atoms with E-state index in [4.69, 9.17) is 0 Å². The summed E-state index contributed by atoms with van der Waals surface area (Å²) in [5, 5.41) is 2.68. The van der Waals surface area contributed by atoms with Crippen LogP contribution in [-0.2, 0) is 11.8 Å². The average Bonchev–Trinajstić information content (AvgIpc) is 2.46. The highest BCUT2D eigenvalue weighted by Crippen LogP contribution is 2.25. The van der Waals surface area contributed by atoms with Crippen LogP contribution >= 0.6 is 15.9 Å². The lowest BCUT2D eigenvalue weighted by atomic mass is 10.3. The molecule has 78 valence electrons. The number of rotatable bonds is 1. The summed E-state index contributed by atoms with van der Waals surface area (Å²) in [7, 11) is 1.87. The summed E-state index contributed by atoms with van der Waals surface area (Å²) in [6.07, 6.45) is 0. The topological polar surface area (TPSA) is 46.9 Å². The number of carbonyl (C=O) groups excluding carboxylic acids is 1. The van der Waals surface area contributed by atoms with Gasteiger partial charge in [-0.3, -0.25) is 10.1 Å². The summed E-state index contributed by atoms with van der Waals surface area (Å²) < 4.78 is 2.77. The van der Waals surface area contributed by atoms with Gasteiger partial charge in [0.15, 0.2) is 0 Å². The molecule has 2 rings (SSSR count). The summed E-state index contributed by atoms with van der Waals surface area (Å²) in [5.74, 6) is 0.439. The van der Waals surface area contributed by atoms with Gasteiger partial charge in [-0.1, -0.05) is 6.07 Å². The van der Waals surface area contributed by atoms with Crippen molar-refractivity contribution >= 4 is 38.8 Å². The molecule has 0 saturated heterocycles. The van der Waals surface area contributed by atoms with Crippen molar-refractivity contribution in [1.29, 1.82) is 0 Å². The van der Waals surface area contributed by atoms with Crippen molar-refractivity contribution < 1.29 is 4.79 Å². The van der Waals surface area contributed by atoms with Crippen LogP contribution in [0.2, 0.25) is 0 Å². The predicted molar refractivity (Wildman–Crippen MR) is 62.7 cm³/mol. The molecule has 1 heterocycles. The number of benzene rings is 1. The number of aromatic nitrogens is 2. The number of nitrogens with one attached hydrogen (secondary N) is 1. The Kier molecular flexibility index (Phi) is 2.48. The number of fused-ring (bicyclic) bond motifs is 1. The highest BCUT2D eigenvalue weighted by molar-refractivity contribution is 9.10. The van der Waals surface area contributed by atoms with Crippen molar-refractivity contribution in [3.8, 4) is 0 Å². The third kappa shape index (κ3) is 1.74. The molecule has 0 aliphatic rings. The molecule has 0 spiro atoms. The molecule has 1 amide bonds. The van der Waals surface area contributed by atoms with Gasteiger partial charge >= 0.3 is 0 Å². The summed E-state index contributed by atoms with van der Waals surface area (Å²) >= 11 is 3.42. The Morgan fingerprint density at radius 2 is 2.27 bits per heavy atom. The molecule has 5 heteroatoms. The molecule has 4 nitrogen and oxygen atoms in total. The maximum atomic E-state index is 11.0. The lowest BCUT2D eigenvalue weighted by Crippen LogP contribution is -2.10. The first-order valence-electron chi connectivity index (χ1n) is 4.48. The Labute approximate surface area is 95.4 Å². The molecule has 1 aromatic heterocycles. The van der Waals surface area contributed by atoms with Crippen molar-refractivity contribution in [2.75, 3.05) is 5.32 Å². The van der Waals surface area contributed by atoms with E-state index in [9.17, 15) is 4.79 Å². The van der Waals surface area contributed by atoms with Gasteiger partial charge in [-0.25, -0.2) is 4.98 Å². The molecular weight excluding hydrogens is 258 g/mol. The highest BCUT2D eigenvalue weighted by Gasteiger charge is 2.10. The molecule has 0 radical (unpaired) electrons. The van der Waals surface area contributed by atoms with Crippen molar-refractivity contribution in [1.82, 2.24) is 9.55 Å². The summed E-state index contributed by atoms with van der Waals surface area (Å²) in [6, 6.07) is 5.82. The lowest BCUT2D eigenvalue weighted by Gasteiger charge is -2.00. The van der Waals surface area contributed by atoms with Crippen LogP contribution < -0.4 is 5.32 Å². The first kappa shape index (κ1) is 10.2. The van der Waals surface area contributed by atoms with Gasteiger partial charge in [-0.05, 0) is 28.1 Å². The van der Waals surface area contributed by atoms with Gasteiger partial charge < -0.3 is 4.57 Å². The Morgan fingerprint density at radius 3 is 2.87 bits per heavy atom. The largest absolute Gasteiger partial charge is 0.313 e. The molecule has 1 N–H and O–H groups in total. The molecule has 0 bridgehead atoms. The standard InChI is InChI=1S/C10H10BrN3O/c1-6(15)12-10-13-9-7(11)4-3-5-8(9)14(10)2/h3-5H,1-2H3,(H,12,13,15). The van der Waals surface area contributed by atoms with E-state index in [1.807, 2.05) is 29.8 Å². The minimum absolute atomic E-state index is 0.121. The van der Waals surface area contributed by atoms with E-state index in [2.05, 4.69) is 26.2 Å². The van der Waals surface area contributed by atoms with E-state index in [0.29, 0.717) is 5.95 Å². The molecule has 0 aliphatic carbocycles. The number of imidazole rings is 1. The van der Waals surface area contributed by atoms with Crippen LogP contribution in [0.15, 0.2) is 22.7 Å². The van der Waals surface area contributed by atoms with Crippen molar-refractivity contribution in [2.24, 2.45) is 7.05 Å². The van der Waals surface area contributed by atoms with Gasteiger partial charge in [0.25, 0.3) is 0 Å². The first-order chi connectivity index (χ1) is 7.09. The number of hydrogen-bond acceptors (Lipinski definition) is 2. The minimum atomic E-state index is -0.121. The van der Waals surface area contributed by atoms with Crippen LogP contribution in [0.5, 0.6) is 0 Å². The first-order valence-corrected chi connectivity index (χ1v) is 5.27. The fraction of sp³-hybridized carbons (Fsp3) is 0.200. The summed E-state index contributed by atoms with van der Waals surface area (Å²) in [6.45, 7) is 1.47. The molecule has 2 aromatic rings. The monoisotopic (exact) mass is 267 g/mol. The second kappa shape index (κ2) is 3.66. The zero-order valence-electron chi connectivity index (χ0n) is 8.41. The third-order valence-electron chi connectivity index (χ3n) is 2.15. The van der Waals surface area contributed by atoms with Crippen LogP contribution in [0.3, 0.4) is 0 Å². The number of para-hydroxylation sites is 1. The van der Waals surface area contributed by atoms with E-state index in [0.717, 1.165) is 15.5 Å². The number of aryl methyl sites for hydroxylation is 1. The molecule has 0 atom stereocenters. The van der Waals surface area contributed by atoms with Crippen molar-refractivity contribution in [2.45, 2.75) is 6.92 Å². The van der Waals surface area contributed by atoms with E-state index < -0.39 is 0 Å². The van der Waals surface area contributed by atoms with Crippen LogP contribution in [0, 0.1) is 0 Å². The Morgan fingerprint density at radius 1 is 1.53 bits per heavy atom.